The van der Waals surface area contributed by atoms with E-state index in [1.54, 1.807) is 6.20 Å². The summed E-state index contributed by atoms with van der Waals surface area (Å²) in [6, 6.07) is 4.17. The van der Waals surface area contributed by atoms with Gasteiger partial charge in [0.2, 0.25) is 11.8 Å². The molecule has 2 N–H and O–H groups in total. The third kappa shape index (κ3) is 3.80. The van der Waals surface area contributed by atoms with Crippen LogP contribution in [0.3, 0.4) is 0 Å². The molecule has 1 spiro atoms. The molecule has 1 atom stereocenters. The first-order chi connectivity index (χ1) is 14.5. The van der Waals surface area contributed by atoms with Gasteiger partial charge in [0.15, 0.2) is 0 Å². The summed E-state index contributed by atoms with van der Waals surface area (Å²) in [5, 5.41) is 12.7. The highest BCUT2D eigenvalue weighted by molar-refractivity contribution is 5.94. The fourth-order valence-electron chi connectivity index (χ4n) is 5.51. The van der Waals surface area contributed by atoms with Gasteiger partial charge in [-0.1, -0.05) is 0 Å². The number of hydrogen-bond acceptors (Lipinski definition) is 5. The highest BCUT2D eigenvalue weighted by atomic mass is 16.3. The maximum atomic E-state index is 13.5. The van der Waals surface area contributed by atoms with Gasteiger partial charge in [-0.15, -0.1) is 0 Å². The predicted molar refractivity (Wildman–Crippen MR) is 114 cm³/mol. The van der Waals surface area contributed by atoms with E-state index in [4.69, 9.17) is 0 Å². The summed E-state index contributed by atoms with van der Waals surface area (Å²) in [5.74, 6) is 1.45. The SMILES string of the molecule is O=C(Nc1ccc(N2CCCC3(CCN(C4CCC(O)CC4)C3=O)C2)nc1)C1CC1. The lowest BCUT2D eigenvalue weighted by atomic mass is 9.78. The molecule has 30 heavy (non-hydrogen) atoms. The molecule has 0 aromatic carbocycles. The van der Waals surface area contributed by atoms with Gasteiger partial charge in [0.25, 0.3) is 0 Å². The third-order valence-corrected chi connectivity index (χ3v) is 7.52. The number of aliphatic hydroxyl groups excluding tert-OH is 1. The van der Waals surface area contributed by atoms with Crippen LogP contribution < -0.4 is 10.2 Å². The molecule has 1 aromatic rings. The van der Waals surface area contributed by atoms with E-state index in [1.807, 2.05) is 12.1 Å². The Balaban J connectivity index is 1.24. The second kappa shape index (κ2) is 7.84. The van der Waals surface area contributed by atoms with Gasteiger partial charge in [-0.05, 0) is 69.9 Å². The Kier molecular flexibility index (Phi) is 5.17. The maximum absolute atomic E-state index is 13.5. The lowest BCUT2D eigenvalue weighted by molar-refractivity contribution is -0.139. The van der Waals surface area contributed by atoms with Gasteiger partial charge in [0.05, 0.1) is 23.4 Å². The molecule has 3 heterocycles. The number of hydrogen-bond donors (Lipinski definition) is 2. The lowest BCUT2D eigenvalue weighted by Gasteiger charge is -2.41. The molecule has 2 aliphatic carbocycles. The Morgan fingerprint density at radius 3 is 2.60 bits per heavy atom. The molecule has 2 saturated carbocycles. The zero-order chi connectivity index (χ0) is 20.7. The number of aromatic nitrogens is 1. The molecule has 0 bridgehead atoms. The molecule has 4 fully saturated rings. The smallest absolute Gasteiger partial charge is 0.230 e. The van der Waals surface area contributed by atoms with Gasteiger partial charge in [0.1, 0.15) is 5.82 Å². The van der Waals surface area contributed by atoms with Crippen LogP contribution in [0.2, 0.25) is 0 Å². The summed E-state index contributed by atoms with van der Waals surface area (Å²) in [5.41, 5.74) is 0.444. The van der Waals surface area contributed by atoms with Crippen LogP contribution in [-0.4, -0.2) is 58.6 Å². The van der Waals surface area contributed by atoms with Crippen molar-refractivity contribution >= 4 is 23.3 Å². The molecule has 2 amide bonds. The van der Waals surface area contributed by atoms with Crippen molar-refractivity contribution in [2.24, 2.45) is 11.3 Å². The zero-order valence-electron chi connectivity index (χ0n) is 17.6. The molecule has 4 aliphatic rings. The standard InChI is InChI=1S/C23H32N4O3/c28-19-7-5-18(6-8-19)27-13-11-23(22(27)30)10-1-12-26(15-23)20-9-4-17(14-24-20)25-21(29)16-2-3-16/h4,9,14,16,18-19,28H,1-3,5-8,10-13,15H2,(H,25,29). The van der Waals surface area contributed by atoms with E-state index in [-0.39, 0.29) is 23.3 Å². The summed E-state index contributed by atoms with van der Waals surface area (Å²) >= 11 is 0. The molecule has 5 rings (SSSR count). The summed E-state index contributed by atoms with van der Waals surface area (Å²) in [7, 11) is 0. The summed E-state index contributed by atoms with van der Waals surface area (Å²) < 4.78 is 0. The molecular formula is C23H32N4O3. The Morgan fingerprint density at radius 2 is 1.90 bits per heavy atom. The first kappa shape index (κ1) is 19.8. The number of aliphatic hydroxyl groups is 1. The van der Waals surface area contributed by atoms with Crippen molar-refractivity contribution in [1.29, 1.82) is 0 Å². The van der Waals surface area contributed by atoms with Crippen molar-refractivity contribution in [3.8, 4) is 0 Å². The Labute approximate surface area is 177 Å². The molecule has 7 nitrogen and oxygen atoms in total. The topological polar surface area (TPSA) is 85.8 Å². The van der Waals surface area contributed by atoms with E-state index in [9.17, 15) is 14.7 Å². The van der Waals surface area contributed by atoms with E-state index in [0.29, 0.717) is 11.9 Å². The van der Waals surface area contributed by atoms with Crippen LogP contribution in [0, 0.1) is 11.3 Å². The van der Waals surface area contributed by atoms with Crippen molar-refractivity contribution in [3.05, 3.63) is 18.3 Å². The maximum Gasteiger partial charge on any atom is 0.230 e. The van der Waals surface area contributed by atoms with E-state index < -0.39 is 0 Å². The minimum absolute atomic E-state index is 0.0911. The fraction of sp³-hybridized carbons (Fsp3) is 0.696. The van der Waals surface area contributed by atoms with Crippen LogP contribution >= 0.6 is 0 Å². The van der Waals surface area contributed by atoms with Crippen LogP contribution in [-0.2, 0) is 9.59 Å². The number of amides is 2. The molecule has 2 aliphatic heterocycles. The quantitative estimate of drug-likeness (QED) is 0.794. The number of piperidine rings is 1. The van der Waals surface area contributed by atoms with Gasteiger partial charge in [-0.3, -0.25) is 9.59 Å². The molecule has 162 valence electrons. The van der Waals surface area contributed by atoms with Gasteiger partial charge < -0.3 is 20.2 Å². The van der Waals surface area contributed by atoms with Crippen molar-refractivity contribution in [2.75, 3.05) is 29.9 Å². The van der Waals surface area contributed by atoms with Gasteiger partial charge in [-0.25, -0.2) is 4.98 Å². The largest absolute Gasteiger partial charge is 0.393 e. The minimum atomic E-state index is -0.297. The number of carbonyl (C=O) groups excluding carboxylic acids is 2. The summed E-state index contributed by atoms with van der Waals surface area (Å²) in [6.07, 6.45) is 9.81. The average Bonchev–Trinajstić information content (AvgIpc) is 3.57. The summed E-state index contributed by atoms with van der Waals surface area (Å²) in [6.45, 7) is 2.47. The fourth-order valence-corrected chi connectivity index (χ4v) is 5.51. The van der Waals surface area contributed by atoms with Crippen molar-refractivity contribution in [2.45, 2.75) is 69.9 Å². The zero-order valence-corrected chi connectivity index (χ0v) is 17.6. The molecule has 1 aromatic heterocycles. The number of carbonyl (C=O) groups is 2. The molecular weight excluding hydrogens is 380 g/mol. The number of nitrogens with zero attached hydrogens (tertiary/aromatic N) is 3. The Hall–Kier alpha value is -2.15. The second-order valence-corrected chi connectivity index (χ2v) is 9.68. The second-order valence-electron chi connectivity index (χ2n) is 9.68. The first-order valence-corrected chi connectivity index (χ1v) is 11.6. The van der Waals surface area contributed by atoms with Crippen LogP contribution in [0.1, 0.15) is 57.8 Å². The minimum Gasteiger partial charge on any atom is -0.393 e. The highest BCUT2D eigenvalue weighted by Gasteiger charge is 2.50. The normalized spacial score (nSPS) is 32.0. The number of likely N-dealkylation sites (tertiary alicyclic amines) is 1. The van der Waals surface area contributed by atoms with E-state index in [0.717, 1.165) is 88.9 Å². The number of anilines is 2. The van der Waals surface area contributed by atoms with Crippen LogP contribution in [0.5, 0.6) is 0 Å². The van der Waals surface area contributed by atoms with Gasteiger partial charge in [-0.2, -0.15) is 0 Å². The van der Waals surface area contributed by atoms with E-state index >= 15 is 0 Å². The van der Waals surface area contributed by atoms with Crippen LogP contribution in [0.4, 0.5) is 11.5 Å². The molecule has 2 saturated heterocycles. The van der Waals surface area contributed by atoms with Gasteiger partial charge >= 0.3 is 0 Å². The lowest BCUT2D eigenvalue weighted by Crippen LogP contribution is -2.50. The Bertz CT molecular complexity index is 801. The number of rotatable bonds is 4. The molecule has 1 unspecified atom stereocenters. The van der Waals surface area contributed by atoms with E-state index in [1.165, 1.54) is 0 Å². The Morgan fingerprint density at radius 1 is 1.10 bits per heavy atom. The van der Waals surface area contributed by atoms with Crippen molar-refractivity contribution < 1.29 is 14.7 Å². The van der Waals surface area contributed by atoms with Gasteiger partial charge in [0, 0.05) is 31.6 Å². The molecule has 7 heteroatoms. The monoisotopic (exact) mass is 412 g/mol. The predicted octanol–water partition coefficient (Wildman–Crippen LogP) is 2.55. The average molecular weight is 413 g/mol. The van der Waals surface area contributed by atoms with Crippen molar-refractivity contribution in [3.63, 3.8) is 0 Å². The molecule has 0 radical (unpaired) electrons. The van der Waals surface area contributed by atoms with Crippen LogP contribution in [0.25, 0.3) is 0 Å². The highest BCUT2D eigenvalue weighted by Crippen LogP contribution is 2.43. The number of pyridine rings is 1. The number of nitrogens with one attached hydrogen (secondary N) is 1. The summed E-state index contributed by atoms with van der Waals surface area (Å²) in [4.78, 5) is 34.3. The van der Waals surface area contributed by atoms with Crippen molar-refractivity contribution in [1.82, 2.24) is 9.88 Å². The van der Waals surface area contributed by atoms with Crippen LogP contribution in [0.15, 0.2) is 18.3 Å². The van der Waals surface area contributed by atoms with E-state index in [2.05, 4.69) is 20.1 Å². The first-order valence-electron chi connectivity index (χ1n) is 11.6. The third-order valence-electron chi connectivity index (χ3n) is 7.52.